The number of aromatic amines is 2. The maximum Gasteiger partial charge on any atom is 0.255 e. The number of fused-ring (bicyclic) bond motifs is 2. The minimum Gasteiger partial charge on any atom is -0.345 e. The maximum atomic E-state index is 12.6. The summed E-state index contributed by atoms with van der Waals surface area (Å²) in [5, 5.41) is 2.97. The van der Waals surface area contributed by atoms with E-state index in [-0.39, 0.29) is 5.91 Å². The van der Waals surface area contributed by atoms with Crippen molar-refractivity contribution in [2.45, 2.75) is 31.6 Å². The second kappa shape index (κ2) is 5.98. The lowest BCUT2D eigenvalue weighted by Crippen LogP contribution is -2.11. The van der Waals surface area contributed by atoms with E-state index in [1.54, 1.807) is 12.4 Å². The van der Waals surface area contributed by atoms with Crippen LogP contribution in [-0.4, -0.2) is 25.8 Å². The lowest BCUT2D eigenvalue weighted by molar-refractivity contribution is 0.102. The highest BCUT2D eigenvalue weighted by molar-refractivity contribution is 6.06. The van der Waals surface area contributed by atoms with Gasteiger partial charge in [0.05, 0.1) is 28.4 Å². The molecule has 1 fully saturated rings. The summed E-state index contributed by atoms with van der Waals surface area (Å²) in [7, 11) is 0. The fourth-order valence-electron chi connectivity index (χ4n) is 3.78. The van der Waals surface area contributed by atoms with Gasteiger partial charge in [-0.05, 0) is 49.2 Å². The van der Waals surface area contributed by atoms with Crippen molar-refractivity contribution in [3.8, 4) is 0 Å². The van der Waals surface area contributed by atoms with Gasteiger partial charge in [-0.25, -0.2) is 9.97 Å². The van der Waals surface area contributed by atoms with Crippen molar-refractivity contribution in [3.05, 3.63) is 54.1 Å². The summed E-state index contributed by atoms with van der Waals surface area (Å²) in [6.45, 7) is 0. The third-order valence-corrected chi connectivity index (χ3v) is 5.18. The molecule has 2 aromatic heterocycles. The monoisotopic (exact) mass is 345 g/mol. The lowest BCUT2D eigenvalue weighted by atomic mass is 10.1. The van der Waals surface area contributed by atoms with Gasteiger partial charge in [0, 0.05) is 17.2 Å². The normalized spacial score (nSPS) is 15.1. The summed E-state index contributed by atoms with van der Waals surface area (Å²) in [5.41, 5.74) is 4.96. The molecule has 26 heavy (non-hydrogen) atoms. The molecule has 0 unspecified atom stereocenters. The van der Waals surface area contributed by atoms with Crippen LogP contribution in [0.4, 0.5) is 5.69 Å². The summed E-state index contributed by atoms with van der Waals surface area (Å²) in [4.78, 5) is 27.9. The van der Waals surface area contributed by atoms with Gasteiger partial charge < -0.3 is 15.3 Å². The number of rotatable bonds is 3. The molecule has 4 aromatic rings. The zero-order chi connectivity index (χ0) is 17.5. The van der Waals surface area contributed by atoms with Crippen LogP contribution >= 0.6 is 0 Å². The van der Waals surface area contributed by atoms with Crippen LogP contribution in [0.3, 0.4) is 0 Å². The Balaban J connectivity index is 1.40. The maximum absolute atomic E-state index is 12.6. The molecule has 6 heteroatoms. The molecule has 6 nitrogen and oxygen atoms in total. The van der Waals surface area contributed by atoms with Crippen LogP contribution in [-0.2, 0) is 0 Å². The Kier molecular flexibility index (Phi) is 3.48. The molecule has 0 radical (unpaired) electrons. The van der Waals surface area contributed by atoms with E-state index in [1.807, 2.05) is 30.3 Å². The smallest absolute Gasteiger partial charge is 0.255 e. The summed E-state index contributed by atoms with van der Waals surface area (Å²) in [5.74, 6) is 1.48. The molecule has 0 aliphatic heterocycles. The largest absolute Gasteiger partial charge is 0.345 e. The SMILES string of the molecule is O=C(Nc1ccc2nc(C3CCCC3)[nH]c2c1)c1ccc2nc[nH]c2c1. The molecule has 1 aliphatic rings. The van der Waals surface area contributed by atoms with Gasteiger partial charge in [0.1, 0.15) is 5.82 Å². The van der Waals surface area contributed by atoms with Crippen LogP contribution < -0.4 is 5.32 Å². The number of aromatic nitrogens is 4. The van der Waals surface area contributed by atoms with E-state index in [0.717, 1.165) is 33.6 Å². The van der Waals surface area contributed by atoms with Gasteiger partial charge in [-0.2, -0.15) is 0 Å². The van der Waals surface area contributed by atoms with Crippen molar-refractivity contribution >= 4 is 33.7 Å². The molecular weight excluding hydrogens is 326 g/mol. The second-order valence-corrected chi connectivity index (χ2v) is 6.92. The van der Waals surface area contributed by atoms with Crippen LogP contribution in [0.15, 0.2) is 42.7 Å². The van der Waals surface area contributed by atoms with Gasteiger partial charge in [-0.1, -0.05) is 12.8 Å². The van der Waals surface area contributed by atoms with Crippen molar-refractivity contribution in [1.29, 1.82) is 0 Å². The average Bonchev–Trinajstić information content (AvgIpc) is 3.39. The Morgan fingerprint density at radius 2 is 1.88 bits per heavy atom. The van der Waals surface area contributed by atoms with Crippen molar-refractivity contribution in [1.82, 2.24) is 19.9 Å². The fourth-order valence-corrected chi connectivity index (χ4v) is 3.78. The minimum atomic E-state index is -0.142. The van der Waals surface area contributed by atoms with E-state index in [1.165, 1.54) is 25.7 Å². The zero-order valence-corrected chi connectivity index (χ0v) is 14.2. The van der Waals surface area contributed by atoms with E-state index >= 15 is 0 Å². The molecular formula is C20H19N5O. The summed E-state index contributed by atoms with van der Waals surface area (Å²) in [6, 6.07) is 11.2. The quantitative estimate of drug-likeness (QED) is 0.516. The van der Waals surface area contributed by atoms with Gasteiger partial charge in [0.2, 0.25) is 0 Å². The lowest BCUT2D eigenvalue weighted by Gasteiger charge is -2.05. The first kappa shape index (κ1) is 15.1. The third kappa shape index (κ3) is 2.63. The first-order valence-corrected chi connectivity index (χ1v) is 9.00. The van der Waals surface area contributed by atoms with Crippen LogP contribution in [0.2, 0.25) is 0 Å². The first-order valence-electron chi connectivity index (χ1n) is 9.00. The van der Waals surface area contributed by atoms with E-state index in [9.17, 15) is 4.79 Å². The minimum absolute atomic E-state index is 0.142. The Morgan fingerprint density at radius 3 is 2.77 bits per heavy atom. The Morgan fingerprint density at radius 1 is 1.04 bits per heavy atom. The van der Waals surface area contributed by atoms with Crippen molar-refractivity contribution in [2.75, 3.05) is 5.32 Å². The molecule has 3 N–H and O–H groups in total. The summed E-state index contributed by atoms with van der Waals surface area (Å²) < 4.78 is 0. The van der Waals surface area contributed by atoms with E-state index < -0.39 is 0 Å². The molecule has 0 atom stereocenters. The number of carbonyl (C=O) groups excluding carboxylic acids is 1. The number of imidazole rings is 2. The molecule has 1 saturated carbocycles. The average molecular weight is 345 g/mol. The summed E-state index contributed by atoms with van der Waals surface area (Å²) >= 11 is 0. The molecule has 0 saturated heterocycles. The highest BCUT2D eigenvalue weighted by Crippen LogP contribution is 2.33. The van der Waals surface area contributed by atoms with E-state index in [2.05, 4.69) is 20.3 Å². The number of amides is 1. The standard InChI is InChI=1S/C20H19N5O/c26-20(13-5-7-15-17(9-13)22-11-21-15)23-14-6-8-16-18(10-14)25-19(24-16)12-3-1-2-4-12/h5-12H,1-4H2,(H,21,22)(H,23,26)(H,24,25). The van der Waals surface area contributed by atoms with Crippen LogP contribution in [0.1, 0.15) is 47.8 Å². The highest BCUT2D eigenvalue weighted by atomic mass is 16.1. The molecule has 1 aliphatic carbocycles. The molecule has 0 bridgehead atoms. The molecule has 2 heterocycles. The predicted octanol–water partition coefficient (Wildman–Crippen LogP) is 4.35. The molecule has 130 valence electrons. The van der Waals surface area contributed by atoms with Gasteiger partial charge in [0.15, 0.2) is 0 Å². The zero-order valence-electron chi connectivity index (χ0n) is 14.2. The van der Waals surface area contributed by atoms with E-state index in [4.69, 9.17) is 4.98 Å². The highest BCUT2D eigenvalue weighted by Gasteiger charge is 2.20. The summed E-state index contributed by atoms with van der Waals surface area (Å²) in [6.07, 6.45) is 6.60. The second-order valence-electron chi connectivity index (χ2n) is 6.92. The molecule has 5 rings (SSSR count). The third-order valence-electron chi connectivity index (χ3n) is 5.18. The van der Waals surface area contributed by atoms with Gasteiger partial charge in [0.25, 0.3) is 5.91 Å². The van der Waals surface area contributed by atoms with Gasteiger partial charge in [-0.3, -0.25) is 4.79 Å². The van der Waals surface area contributed by atoms with Crippen LogP contribution in [0, 0.1) is 0 Å². The number of anilines is 1. The fraction of sp³-hybridized carbons (Fsp3) is 0.250. The number of carbonyl (C=O) groups is 1. The molecule has 1 amide bonds. The van der Waals surface area contributed by atoms with Crippen LogP contribution in [0.25, 0.3) is 22.1 Å². The molecule has 0 spiro atoms. The van der Waals surface area contributed by atoms with E-state index in [0.29, 0.717) is 11.5 Å². The Hall–Kier alpha value is -3.15. The van der Waals surface area contributed by atoms with Crippen LogP contribution in [0.5, 0.6) is 0 Å². The molecule has 2 aromatic carbocycles. The van der Waals surface area contributed by atoms with Gasteiger partial charge >= 0.3 is 0 Å². The van der Waals surface area contributed by atoms with Crippen molar-refractivity contribution in [3.63, 3.8) is 0 Å². The topological polar surface area (TPSA) is 86.5 Å². The first-order chi connectivity index (χ1) is 12.8. The van der Waals surface area contributed by atoms with Crippen molar-refractivity contribution < 1.29 is 4.79 Å². The number of nitrogens with one attached hydrogen (secondary N) is 3. The number of H-pyrrole nitrogens is 2. The Bertz CT molecular complexity index is 1100. The number of hydrogen-bond donors (Lipinski definition) is 3. The number of hydrogen-bond acceptors (Lipinski definition) is 3. The van der Waals surface area contributed by atoms with Gasteiger partial charge in [-0.15, -0.1) is 0 Å². The van der Waals surface area contributed by atoms with Crippen molar-refractivity contribution in [2.24, 2.45) is 0 Å². The Labute approximate surface area is 150 Å². The number of benzene rings is 2. The number of nitrogens with zero attached hydrogens (tertiary/aromatic N) is 2. The predicted molar refractivity (Wildman–Crippen MR) is 101 cm³/mol.